The first kappa shape index (κ1) is 35.6. The molecule has 4 aromatic carbocycles. The van der Waals surface area contributed by atoms with Crippen LogP contribution in [0.4, 0.5) is 5.69 Å². The van der Waals surface area contributed by atoms with Crippen molar-refractivity contribution in [2.45, 2.75) is 62.5 Å². The highest BCUT2D eigenvalue weighted by Gasteiger charge is 2.36. The second kappa shape index (κ2) is 16.5. The summed E-state index contributed by atoms with van der Waals surface area (Å²) in [6, 6.07) is 29.4. The van der Waals surface area contributed by atoms with E-state index in [1.807, 2.05) is 88.5 Å². The Kier molecular flexibility index (Phi) is 12.5. The van der Waals surface area contributed by atoms with E-state index >= 15 is 0 Å². The van der Waals surface area contributed by atoms with Gasteiger partial charge >= 0.3 is 0 Å². The van der Waals surface area contributed by atoms with Gasteiger partial charge in [0, 0.05) is 23.9 Å². The first-order valence-electron chi connectivity index (χ1n) is 15.6. The van der Waals surface area contributed by atoms with E-state index in [0.29, 0.717) is 12.4 Å². The van der Waals surface area contributed by atoms with Crippen LogP contribution in [0.25, 0.3) is 0 Å². The van der Waals surface area contributed by atoms with Gasteiger partial charge in [0.05, 0.1) is 17.2 Å². The monoisotopic (exact) mass is 673 g/mol. The fourth-order valence-corrected chi connectivity index (χ4v) is 7.07. The maximum absolute atomic E-state index is 14.7. The minimum Gasteiger partial charge on any atom is -0.492 e. The zero-order valence-corrected chi connectivity index (χ0v) is 29.2. The SMILES string of the molecule is CCOc1ccccc1N(CC(=O)N(Cc1ccccc1C)[C@@H](Cc1ccccc1)C(=O)NC(C)C)S(=O)(=O)c1ccc(SC)cc1. The summed E-state index contributed by atoms with van der Waals surface area (Å²) in [6.07, 6.45) is 2.16. The molecule has 0 saturated heterocycles. The summed E-state index contributed by atoms with van der Waals surface area (Å²) in [4.78, 5) is 31.1. The van der Waals surface area contributed by atoms with Gasteiger partial charge in [-0.1, -0.05) is 66.7 Å². The molecule has 0 radical (unpaired) electrons. The molecule has 2 amide bonds. The van der Waals surface area contributed by atoms with Gasteiger partial charge < -0.3 is 15.0 Å². The largest absolute Gasteiger partial charge is 0.492 e. The highest BCUT2D eigenvalue weighted by Crippen LogP contribution is 2.33. The highest BCUT2D eigenvalue weighted by molar-refractivity contribution is 7.98. The number of anilines is 1. The van der Waals surface area contributed by atoms with Gasteiger partial charge in [-0.2, -0.15) is 0 Å². The number of hydrogen-bond donors (Lipinski definition) is 1. The number of hydrogen-bond acceptors (Lipinski definition) is 6. The first-order valence-corrected chi connectivity index (χ1v) is 18.3. The molecule has 47 heavy (non-hydrogen) atoms. The lowest BCUT2D eigenvalue weighted by Crippen LogP contribution is -2.54. The van der Waals surface area contributed by atoms with Gasteiger partial charge in [0.1, 0.15) is 18.3 Å². The van der Waals surface area contributed by atoms with Crippen LogP contribution in [0.15, 0.2) is 113 Å². The molecular formula is C37H43N3O5S2. The minimum atomic E-state index is -4.26. The lowest BCUT2D eigenvalue weighted by molar-refractivity contribution is -0.140. The lowest BCUT2D eigenvalue weighted by Gasteiger charge is -2.34. The average molecular weight is 674 g/mol. The van der Waals surface area contributed by atoms with Crippen LogP contribution in [0.1, 0.15) is 37.5 Å². The van der Waals surface area contributed by atoms with Crippen molar-refractivity contribution in [2.24, 2.45) is 0 Å². The fraction of sp³-hybridized carbons (Fsp3) is 0.297. The molecule has 4 aromatic rings. The van der Waals surface area contributed by atoms with Crippen LogP contribution < -0.4 is 14.4 Å². The predicted octanol–water partition coefficient (Wildman–Crippen LogP) is 6.48. The molecule has 0 bridgehead atoms. The Morgan fingerprint density at radius 3 is 2.15 bits per heavy atom. The molecule has 0 aliphatic carbocycles. The number of ether oxygens (including phenoxy) is 1. The van der Waals surface area contributed by atoms with E-state index in [4.69, 9.17) is 4.74 Å². The number of sulfonamides is 1. The third kappa shape index (κ3) is 9.17. The Morgan fingerprint density at radius 2 is 1.51 bits per heavy atom. The summed E-state index contributed by atoms with van der Waals surface area (Å²) in [5.74, 6) is -0.512. The van der Waals surface area contributed by atoms with E-state index in [9.17, 15) is 18.0 Å². The van der Waals surface area contributed by atoms with Gasteiger partial charge in [-0.25, -0.2) is 8.42 Å². The Bertz CT molecular complexity index is 1750. The van der Waals surface area contributed by atoms with Crippen LogP contribution in [0.3, 0.4) is 0 Å². The van der Waals surface area contributed by atoms with Crippen molar-refractivity contribution < 1.29 is 22.7 Å². The molecule has 1 N–H and O–H groups in total. The Hall–Kier alpha value is -4.28. The number of para-hydroxylation sites is 2. The van der Waals surface area contributed by atoms with Crippen molar-refractivity contribution in [3.05, 3.63) is 120 Å². The topological polar surface area (TPSA) is 96.0 Å². The van der Waals surface area contributed by atoms with Crippen molar-refractivity contribution in [1.82, 2.24) is 10.2 Å². The molecule has 1 atom stereocenters. The lowest BCUT2D eigenvalue weighted by atomic mass is 10.0. The third-order valence-electron chi connectivity index (χ3n) is 7.66. The normalized spacial score (nSPS) is 12.0. The zero-order chi connectivity index (χ0) is 34.0. The Morgan fingerprint density at radius 1 is 0.872 bits per heavy atom. The van der Waals surface area contributed by atoms with E-state index in [1.165, 1.54) is 16.7 Å². The van der Waals surface area contributed by atoms with Gasteiger partial charge in [0.2, 0.25) is 11.8 Å². The van der Waals surface area contributed by atoms with E-state index in [0.717, 1.165) is 25.9 Å². The molecule has 0 saturated carbocycles. The highest BCUT2D eigenvalue weighted by atomic mass is 32.2. The summed E-state index contributed by atoms with van der Waals surface area (Å²) in [5.41, 5.74) is 2.92. The van der Waals surface area contributed by atoms with Crippen LogP contribution in [0, 0.1) is 6.92 Å². The van der Waals surface area contributed by atoms with Crippen molar-refractivity contribution in [3.8, 4) is 5.75 Å². The van der Waals surface area contributed by atoms with E-state index in [-0.39, 0.29) is 35.5 Å². The number of rotatable bonds is 15. The molecule has 8 nitrogen and oxygen atoms in total. The van der Waals surface area contributed by atoms with E-state index in [1.54, 1.807) is 48.5 Å². The second-order valence-corrected chi connectivity index (χ2v) is 14.1. The van der Waals surface area contributed by atoms with E-state index in [2.05, 4.69) is 5.32 Å². The summed E-state index contributed by atoms with van der Waals surface area (Å²) in [6.45, 7) is 7.35. The number of nitrogens with zero attached hydrogens (tertiary/aromatic N) is 2. The molecule has 0 unspecified atom stereocenters. The molecule has 4 rings (SSSR count). The minimum absolute atomic E-state index is 0.0400. The Labute approximate surface area is 283 Å². The smallest absolute Gasteiger partial charge is 0.264 e. The van der Waals surface area contributed by atoms with Gasteiger partial charge in [0.15, 0.2) is 0 Å². The molecule has 0 heterocycles. The fourth-order valence-electron chi connectivity index (χ4n) is 5.23. The summed E-state index contributed by atoms with van der Waals surface area (Å²) in [7, 11) is -4.26. The van der Waals surface area contributed by atoms with Crippen LogP contribution >= 0.6 is 11.8 Å². The van der Waals surface area contributed by atoms with Gasteiger partial charge in [-0.15, -0.1) is 11.8 Å². The molecule has 248 valence electrons. The quantitative estimate of drug-likeness (QED) is 0.145. The van der Waals surface area contributed by atoms with Crippen molar-refractivity contribution in [1.29, 1.82) is 0 Å². The second-order valence-electron chi connectivity index (χ2n) is 11.4. The average Bonchev–Trinajstić information content (AvgIpc) is 3.06. The van der Waals surface area contributed by atoms with Crippen LogP contribution in [-0.4, -0.2) is 56.6 Å². The number of thioether (sulfide) groups is 1. The van der Waals surface area contributed by atoms with Gasteiger partial charge in [0.25, 0.3) is 10.0 Å². The van der Waals surface area contributed by atoms with Crippen LogP contribution in [0.2, 0.25) is 0 Å². The summed E-state index contributed by atoms with van der Waals surface area (Å²) < 4.78 is 35.8. The number of carbonyl (C=O) groups is 2. The van der Waals surface area contributed by atoms with Gasteiger partial charge in [-0.05, 0) is 87.0 Å². The molecule has 10 heteroatoms. The molecule has 0 spiro atoms. The van der Waals surface area contributed by atoms with E-state index < -0.39 is 28.5 Å². The Balaban J connectivity index is 1.85. The summed E-state index contributed by atoms with van der Waals surface area (Å²) in [5, 5.41) is 2.99. The number of nitrogens with one attached hydrogen (secondary N) is 1. The maximum atomic E-state index is 14.7. The van der Waals surface area contributed by atoms with Gasteiger partial charge in [-0.3, -0.25) is 13.9 Å². The number of carbonyl (C=O) groups excluding carboxylic acids is 2. The summed E-state index contributed by atoms with van der Waals surface area (Å²) >= 11 is 1.50. The molecule has 0 aromatic heterocycles. The molecule has 0 aliphatic rings. The van der Waals surface area contributed by atoms with Crippen molar-refractivity contribution in [2.75, 3.05) is 23.7 Å². The zero-order valence-electron chi connectivity index (χ0n) is 27.6. The number of benzene rings is 4. The first-order chi connectivity index (χ1) is 22.5. The molecule has 0 aliphatic heterocycles. The van der Waals surface area contributed by atoms with Crippen molar-refractivity contribution in [3.63, 3.8) is 0 Å². The maximum Gasteiger partial charge on any atom is 0.264 e. The van der Waals surface area contributed by atoms with Crippen molar-refractivity contribution >= 4 is 39.3 Å². The third-order valence-corrected chi connectivity index (χ3v) is 10.2. The predicted molar refractivity (Wildman–Crippen MR) is 189 cm³/mol. The van der Waals surface area contributed by atoms with Crippen LogP contribution in [-0.2, 0) is 32.6 Å². The molecule has 0 fully saturated rings. The number of aryl methyl sites for hydroxylation is 1. The van der Waals surface area contributed by atoms with Crippen LogP contribution in [0.5, 0.6) is 5.75 Å². The molecular weight excluding hydrogens is 631 g/mol. The number of amides is 2. The standard InChI is InChI=1S/C37H43N3O5S2/c1-6-45-35-19-13-12-18-33(35)40(47(43,44)32-22-20-31(46-5)21-23-32)26-36(41)39(25-30-17-11-10-14-28(30)4)34(37(42)38-27(2)3)24-29-15-8-7-9-16-29/h7-23,27,34H,6,24-26H2,1-5H3,(H,38,42)/t34-/m0/s1.